The molecule has 0 radical (unpaired) electrons. The van der Waals surface area contributed by atoms with Gasteiger partial charge in [0.2, 0.25) is 0 Å². The van der Waals surface area contributed by atoms with Gasteiger partial charge in [0.25, 0.3) is 0 Å². The van der Waals surface area contributed by atoms with Crippen molar-refractivity contribution in [3.05, 3.63) is 11.3 Å². The zero-order valence-corrected chi connectivity index (χ0v) is 9.91. The highest BCUT2D eigenvalue weighted by Crippen LogP contribution is 2.19. The van der Waals surface area contributed by atoms with Crippen LogP contribution in [0.15, 0.2) is 0 Å². The maximum absolute atomic E-state index is 9.04. The molecule has 4 nitrogen and oxygen atoms in total. The highest BCUT2D eigenvalue weighted by molar-refractivity contribution is 5.55. The lowest BCUT2D eigenvalue weighted by Gasteiger charge is -2.15. The van der Waals surface area contributed by atoms with Gasteiger partial charge in [0.15, 0.2) is 0 Å². The number of rotatable bonds is 4. The summed E-state index contributed by atoms with van der Waals surface area (Å²) in [7, 11) is 1.82. The van der Waals surface area contributed by atoms with Crippen LogP contribution in [-0.4, -0.2) is 15.8 Å². The van der Waals surface area contributed by atoms with Crippen LogP contribution in [0.4, 0.5) is 5.82 Å². The lowest BCUT2D eigenvalue weighted by Crippen LogP contribution is -2.20. The zero-order chi connectivity index (χ0) is 12.1. The highest BCUT2D eigenvalue weighted by Gasteiger charge is 2.15. The number of aryl methyl sites for hydroxylation is 2. The van der Waals surface area contributed by atoms with Gasteiger partial charge in [-0.25, -0.2) is 0 Å². The molecule has 0 aliphatic heterocycles. The largest absolute Gasteiger partial charge is 0.365 e. The van der Waals surface area contributed by atoms with Gasteiger partial charge < -0.3 is 5.32 Å². The van der Waals surface area contributed by atoms with Gasteiger partial charge in [-0.1, -0.05) is 6.92 Å². The zero-order valence-electron chi connectivity index (χ0n) is 9.91. The van der Waals surface area contributed by atoms with E-state index in [4.69, 9.17) is 11.7 Å². The lowest BCUT2D eigenvalue weighted by atomic mass is 10.1. The SMILES string of the molecule is C#CCC(CC)Nc1c(C#N)c(C)nn1C. The lowest BCUT2D eigenvalue weighted by molar-refractivity contribution is 0.685. The van der Waals surface area contributed by atoms with E-state index in [1.807, 2.05) is 14.0 Å². The third-order valence-corrected chi connectivity index (χ3v) is 2.53. The molecule has 4 heteroatoms. The topological polar surface area (TPSA) is 53.6 Å². The molecule has 0 aliphatic carbocycles. The average Bonchev–Trinajstić information content (AvgIpc) is 2.52. The number of nitrogens with one attached hydrogen (secondary N) is 1. The van der Waals surface area contributed by atoms with E-state index in [2.05, 4.69) is 29.3 Å². The molecule has 84 valence electrons. The molecule has 0 saturated heterocycles. The minimum atomic E-state index is 0.187. The molecule has 1 heterocycles. The second kappa shape index (κ2) is 5.23. The standard InChI is InChI=1S/C12H16N4/c1-5-7-10(6-2)14-12-11(8-13)9(3)15-16(12)4/h1,10,14H,6-7H2,2-4H3. The number of hydrogen-bond donors (Lipinski definition) is 1. The maximum Gasteiger partial charge on any atom is 0.142 e. The van der Waals surface area contributed by atoms with Gasteiger partial charge in [-0.3, -0.25) is 4.68 Å². The van der Waals surface area contributed by atoms with Gasteiger partial charge in [0, 0.05) is 19.5 Å². The van der Waals surface area contributed by atoms with Gasteiger partial charge in [0.1, 0.15) is 17.5 Å². The van der Waals surface area contributed by atoms with Crippen LogP contribution in [0.2, 0.25) is 0 Å². The van der Waals surface area contributed by atoms with Crippen molar-refractivity contribution in [2.75, 3.05) is 5.32 Å². The van der Waals surface area contributed by atoms with Crippen molar-refractivity contribution in [3.8, 4) is 18.4 Å². The van der Waals surface area contributed by atoms with E-state index in [9.17, 15) is 0 Å². The van der Waals surface area contributed by atoms with E-state index in [-0.39, 0.29) is 6.04 Å². The Bertz CT molecular complexity index is 445. The van der Waals surface area contributed by atoms with Crippen LogP contribution in [0.1, 0.15) is 31.0 Å². The van der Waals surface area contributed by atoms with Gasteiger partial charge in [-0.05, 0) is 13.3 Å². The molecule has 1 N–H and O–H groups in total. The molecule has 0 bridgehead atoms. The molecular weight excluding hydrogens is 200 g/mol. The highest BCUT2D eigenvalue weighted by atomic mass is 15.3. The molecule has 1 aromatic rings. The molecule has 1 rings (SSSR count). The van der Waals surface area contributed by atoms with E-state index >= 15 is 0 Å². The molecule has 0 spiro atoms. The average molecular weight is 216 g/mol. The molecule has 1 aromatic heterocycles. The first-order chi connectivity index (χ1) is 7.63. The first-order valence-corrected chi connectivity index (χ1v) is 5.27. The van der Waals surface area contributed by atoms with Crippen molar-refractivity contribution >= 4 is 5.82 Å². The molecule has 16 heavy (non-hydrogen) atoms. The van der Waals surface area contributed by atoms with Gasteiger partial charge in [-0.15, -0.1) is 12.3 Å². The summed E-state index contributed by atoms with van der Waals surface area (Å²) < 4.78 is 1.69. The third-order valence-electron chi connectivity index (χ3n) is 2.53. The Balaban J connectivity index is 2.97. The number of nitrogens with zero attached hydrogens (tertiary/aromatic N) is 3. The van der Waals surface area contributed by atoms with Crippen molar-refractivity contribution in [3.63, 3.8) is 0 Å². The molecule has 0 aliphatic rings. The number of aromatic nitrogens is 2. The van der Waals surface area contributed by atoms with Crippen molar-refractivity contribution in [1.29, 1.82) is 5.26 Å². The van der Waals surface area contributed by atoms with Crippen LogP contribution in [0.3, 0.4) is 0 Å². The van der Waals surface area contributed by atoms with Crippen LogP contribution in [0.25, 0.3) is 0 Å². The Hall–Kier alpha value is -1.94. The number of terminal acetylenes is 1. The van der Waals surface area contributed by atoms with E-state index in [1.165, 1.54) is 0 Å². The molecule has 0 amide bonds. The number of nitriles is 1. The Labute approximate surface area is 96.3 Å². The molecule has 0 aromatic carbocycles. The summed E-state index contributed by atoms with van der Waals surface area (Å²) in [6, 6.07) is 2.35. The van der Waals surface area contributed by atoms with E-state index in [0.29, 0.717) is 12.0 Å². The Morgan fingerprint density at radius 2 is 2.31 bits per heavy atom. The molecule has 1 unspecified atom stereocenters. The summed E-state index contributed by atoms with van der Waals surface area (Å²) in [5.74, 6) is 3.38. The predicted molar refractivity (Wildman–Crippen MR) is 63.8 cm³/mol. The van der Waals surface area contributed by atoms with Crippen LogP contribution in [-0.2, 0) is 7.05 Å². The molecule has 1 atom stereocenters. The summed E-state index contributed by atoms with van der Waals surface area (Å²) in [5.41, 5.74) is 1.33. The van der Waals surface area contributed by atoms with Gasteiger partial charge >= 0.3 is 0 Å². The van der Waals surface area contributed by atoms with E-state index in [1.54, 1.807) is 4.68 Å². The molecule has 0 fully saturated rings. The van der Waals surface area contributed by atoms with Crippen molar-refractivity contribution in [1.82, 2.24) is 9.78 Å². The second-order valence-corrected chi connectivity index (χ2v) is 3.70. The fraction of sp³-hybridized carbons (Fsp3) is 0.500. The minimum Gasteiger partial charge on any atom is -0.365 e. The maximum atomic E-state index is 9.04. The third kappa shape index (κ3) is 2.35. The smallest absolute Gasteiger partial charge is 0.142 e. The quantitative estimate of drug-likeness (QED) is 0.781. The van der Waals surface area contributed by atoms with Gasteiger partial charge in [0.05, 0.1) is 5.69 Å². The van der Waals surface area contributed by atoms with Crippen molar-refractivity contribution in [2.24, 2.45) is 7.05 Å². The molecular formula is C12H16N4. The predicted octanol–water partition coefficient (Wildman–Crippen LogP) is 1.81. The van der Waals surface area contributed by atoms with Gasteiger partial charge in [-0.2, -0.15) is 10.4 Å². The Morgan fingerprint density at radius 1 is 1.62 bits per heavy atom. The fourth-order valence-corrected chi connectivity index (χ4v) is 1.59. The van der Waals surface area contributed by atoms with Crippen LogP contribution >= 0.6 is 0 Å². The molecule has 0 saturated carbocycles. The second-order valence-electron chi connectivity index (χ2n) is 3.70. The Morgan fingerprint density at radius 3 is 2.81 bits per heavy atom. The summed E-state index contributed by atoms with van der Waals surface area (Å²) in [5, 5.41) is 16.5. The number of anilines is 1. The Kier molecular flexibility index (Phi) is 3.96. The normalized spacial score (nSPS) is 11.6. The van der Waals surface area contributed by atoms with Crippen LogP contribution in [0, 0.1) is 30.6 Å². The fourth-order valence-electron chi connectivity index (χ4n) is 1.59. The van der Waals surface area contributed by atoms with Crippen LogP contribution in [0.5, 0.6) is 0 Å². The monoisotopic (exact) mass is 216 g/mol. The van der Waals surface area contributed by atoms with E-state index < -0.39 is 0 Å². The number of hydrogen-bond acceptors (Lipinski definition) is 3. The minimum absolute atomic E-state index is 0.187. The van der Waals surface area contributed by atoms with Crippen LogP contribution < -0.4 is 5.32 Å². The first-order valence-electron chi connectivity index (χ1n) is 5.27. The van der Waals surface area contributed by atoms with Crippen molar-refractivity contribution < 1.29 is 0 Å². The van der Waals surface area contributed by atoms with Crippen molar-refractivity contribution in [2.45, 2.75) is 32.7 Å². The summed E-state index contributed by atoms with van der Waals surface area (Å²) >= 11 is 0. The summed E-state index contributed by atoms with van der Waals surface area (Å²) in [6.07, 6.45) is 6.86. The first kappa shape index (κ1) is 12.1. The van der Waals surface area contributed by atoms with E-state index in [0.717, 1.165) is 17.9 Å². The summed E-state index contributed by atoms with van der Waals surface area (Å²) in [4.78, 5) is 0. The summed E-state index contributed by atoms with van der Waals surface area (Å²) in [6.45, 7) is 3.89.